The molecular weight excluding hydrogens is 226 g/mol. The van der Waals surface area contributed by atoms with Crippen molar-refractivity contribution < 1.29 is 13.2 Å². The van der Waals surface area contributed by atoms with E-state index in [0.717, 1.165) is 0 Å². The zero-order chi connectivity index (χ0) is 12.3. The first-order chi connectivity index (χ1) is 7.36. The highest BCUT2D eigenvalue weighted by Gasteiger charge is 2.14. The molecule has 0 aliphatic rings. The van der Waals surface area contributed by atoms with E-state index in [1.807, 2.05) is 13.8 Å². The lowest BCUT2D eigenvalue weighted by Crippen LogP contribution is -2.09. The third kappa shape index (κ3) is 2.88. The minimum atomic E-state index is -3.21. The smallest absolute Gasteiger partial charge is 0.178 e. The van der Waals surface area contributed by atoms with E-state index >= 15 is 0 Å². The second-order valence-corrected chi connectivity index (χ2v) is 6.05. The Morgan fingerprint density at radius 3 is 2.50 bits per heavy atom. The largest absolute Gasteiger partial charge is 0.489 e. The molecule has 0 fully saturated rings. The summed E-state index contributed by atoms with van der Waals surface area (Å²) in [6, 6.07) is 4.54. The van der Waals surface area contributed by atoms with Gasteiger partial charge < -0.3 is 10.5 Å². The highest BCUT2D eigenvalue weighted by atomic mass is 32.2. The van der Waals surface area contributed by atoms with Crippen molar-refractivity contribution in [3.63, 3.8) is 0 Å². The first-order valence-corrected chi connectivity index (χ1v) is 6.81. The Bertz CT molecular complexity index is 466. The van der Waals surface area contributed by atoms with Crippen LogP contribution in [0.1, 0.15) is 20.8 Å². The monoisotopic (exact) mass is 243 g/mol. The molecule has 5 heteroatoms. The van der Waals surface area contributed by atoms with Gasteiger partial charge in [-0.15, -0.1) is 0 Å². The van der Waals surface area contributed by atoms with Gasteiger partial charge in [0.2, 0.25) is 0 Å². The van der Waals surface area contributed by atoms with Crippen LogP contribution in [0.15, 0.2) is 23.1 Å². The minimum absolute atomic E-state index is 0.0399. The third-order valence-corrected chi connectivity index (χ3v) is 3.82. The average Bonchev–Trinajstić information content (AvgIpc) is 2.20. The fourth-order valence-electron chi connectivity index (χ4n) is 1.23. The van der Waals surface area contributed by atoms with Crippen molar-refractivity contribution in [2.24, 2.45) is 0 Å². The molecule has 0 atom stereocenters. The average molecular weight is 243 g/mol. The second kappa shape index (κ2) is 4.74. The molecule has 2 N–H and O–H groups in total. The van der Waals surface area contributed by atoms with E-state index in [1.165, 1.54) is 12.1 Å². The van der Waals surface area contributed by atoms with Gasteiger partial charge in [-0.05, 0) is 26.0 Å². The predicted octanol–water partition coefficient (Wildman–Crippen LogP) is 1.85. The summed E-state index contributed by atoms with van der Waals surface area (Å²) >= 11 is 0. The molecule has 0 aliphatic carbocycles. The number of benzene rings is 1. The number of anilines is 1. The van der Waals surface area contributed by atoms with Crippen molar-refractivity contribution in [3.05, 3.63) is 18.2 Å². The van der Waals surface area contributed by atoms with Crippen LogP contribution in [-0.4, -0.2) is 20.3 Å². The number of hydrogen-bond acceptors (Lipinski definition) is 4. The lowest BCUT2D eigenvalue weighted by molar-refractivity contribution is 0.243. The summed E-state index contributed by atoms with van der Waals surface area (Å²) in [5, 5.41) is 0. The number of rotatable bonds is 4. The fraction of sp³-hybridized carbons (Fsp3) is 0.455. The van der Waals surface area contributed by atoms with E-state index in [1.54, 1.807) is 13.0 Å². The van der Waals surface area contributed by atoms with E-state index < -0.39 is 9.84 Å². The molecule has 1 rings (SSSR count). The fourth-order valence-corrected chi connectivity index (χ4v) is 2.13. The van der Waals surface area contributed by atoms with Crippen molar-refractivity contribution >= 4 is 15.5 Å². The van der Waals surface area contributed by atoms with Crippen LogP contribution in [0.3, 0.4) is 0 Å². The minimum Gasteiger partial charge on any atom is -0.489 e. The molecule has 0 saturated carbocycles. The Labute approximate surface area is 96.3 Å². The van der Waals surface area contributed by atoms with Crippen LogP contribution in [0.5, 0.6) is 5.75 Å². The Balaban J connectivity index is 3.17. The second-order valence-electron chi connectivity index (χ2n) is 3.77. The summed E-state index contributed by atoms with van der Waals surface area (Å²) in [4.78, 5) is 0.250. The zero-order valence-corrected chi connectivity index (χ0v) is 10.5. The highest BCUT2D eigenvalue weighted by Crippen LogP contribution is 2.26. The van der Waals surface area contributed by atoms with Crippen LogP contribution >= 0.6 is 0 Å². The molecule has 0 radical (unpaired) electrons. The molecule has 0 unspecified atom stereocenters. The maximum absolute atomic E-state index is 11.7. The first kappa shape index (κ1) is 12.8. The molecular formula is C11H17NO3S. The number of nitrogen functional groups attached to an aromatic ring is 1. The number of sulfone groups is 1. The number of nitrogens with two attached hydrogens (primary N) is 1. The van der Waals surface area contributed by atoms with E-state index in [0.29, 0.717) is 11.4 Å². The Kier molecular flexibility index (Phi) is 3.80. The van der Waals surface area contributed by atoms with Gasteiger partial charge in [0.15, 0.2) is 9.84 Å². The van der Waals surface area contributed by atoms with Crippen molar-refractivity contribution in [3.8, 4) is 5.75 Å². The topological polar surface area (TPSA) is 69.4 Å². The normalized spacial score (nSPS) is 11.8. The van der Waals surface area contributed by atoms with Crippen LogP contribution in [0.4, 0.5) is 5.69 Å². The van der Waals surface area contributed by atoms with Gasteiger partial charge in [-0.3, -0.25) is 0 Å². The number of hydrogen-bond donors (Lipinski definition) is 1. The molecule has 0 heterocycles. The third-order valence-electron chi connectivity index (χ3n) is 2.09. The molecule has 0 aromatic heterocycles. The maximum atomic E-state index is 11.7. The van der Waals surface area contributed by atoms with Crippen LogP contribution in [0, 0.1) is 0 Å². The molecule has 4 nitrogen and oxygen atoms in total. The molecule has 0 amide bonds. The molecule has 1 aromatic rings. The van der Waals surface area contributed by atoms with Crippen molar-refractivity contribution in [2.75, 3.05) is 11.5 Å². The van der Waals surface area contributed by atoms with Gasteiger partial charge in [0, 0.05) is 6.07 Å². The van der Waals surface area contributed by atoms with Crippen LogP contribution in [0.25, 0.3) is 0 Å². The van der Waals surface area contributed by atoms with Gasteiger partial charge >= 0.3 is 0 Å². The molecule has 16 heavy (non-hydrogen) atoms. The Morgan fingerprint density at radius 2 is 2.00 bits per heavy atom. The Morgan fingerprint density at radius 1 is 1.38 bits per heavy atom. The van der Waals surface area contributed by atoms with Gasteiger partial charge in [0.05, 0.1) is 22.4 Å². The standard InChI is InChI=1S/C11H17NO3S/c1-4-16(13,14)9-5-6-10(12)11(7-9)15-8(2)3/h5-8H,4,12H2,1-3H3. The summed E-state index contributed by atoms with van der Waals surface area (Å²) in [7, 11) is -3.21. The lowest BCUT2D eigenvalue weighted by atomic mass is 10.3. The molecule has 0 spiro atoms. The molecule has 90 valence electrons. The maximum Gasteiger partial charge on any atom is 0.178 e. The van der Waals surface area contributed by atoms with Gasteiger partial charge in [0.25, 0.3) is 0 Å². The summed E-state index contributed by atoms with van der Waals surface area (Å²) in [6.07, 6.45) is -0.0399. The van der Waals surface area contributed by atoms with Gasteiger partial charge in [-0.25, -0.2) is 8.42 Å². The van der Waals surface area contributed by atoms with Crippen molar-refractivity contribution in [1.29, 1.82) is 0 Å². The van der Waals surface area contributed by atoms with Crippen LogP contribution < -0.4 is 10.5 Å². The predicted molar refractivity (Wildman–Crippen MR) is 64.3 cm³/mol. The summed E-state index contributed by atoms with van der Waals surface area (Å²) in [5.41, 5.74) is 6.15. The van der Waals surface area contributed by atoms with E-state index in [9.17, 15) is 8.42 Å². The van der Waals surface area contributed by atoms with Crippen molar-refractivity contribution in [1.82, 2.24) is 0 Å². The SMILES string of the molecule is CCS(=O)(=O)c1ccc(N)c(OC(C)C)c1. The van der Waals surface area contributed by atoms with E-state index in [2.05, 4.69) is 0 Å². The summed E-state index contributed by atoms with van der Waals surface area (Å²) < 4.78 is 28.7. The molecule has 0 saturated heterocycles. The van der Waals surface area contributed by atoms with Crippen LogP contribution in [0.2, 0.25) is 0 Å². The lowest BCUT2D eigenvalue weighted by Gasteiger charge is -2.13. The summed E-state index contributed by atoms with van der Waals surface area (Å²) in [5.74, 6) is 0.488. The zero-order valence-electron chi connectivity index (χ0n) is 9.73. The molecule has 1 aromatic carbocycles. The van der Waals surface area contributed by atoms with Gasteiger partial charge in [0.1, 0.15) is 5.75 Å². The number of ether oxygens (including phenoxy) is 1. The molecule has 0 aliphatic heterocycles. The first-order valence-electron chi connectivity index (χ1n) is 5.15. The van der Waals surface area contributed by atoms with Gasteiger partial charge in [-0.2, -0.15) is 0 Å². The van der Waals surface area contributed by atoms with E-state index in [4.69, 9.17) is 10.5 Å². The molecule has 0 bridgehead atoms. The highest BCUT2D eigenvalue weighted by molar-refractivity contribution is 7.91. The van der Waals surface area contributed by atoms with E-state index in [-0.39, 0.29) is 16.8 Å². The quantitative estimate of drug-likeness (QED) is 0.819. The van der Waals surface area contributed by atoms with Crippen molar-refractivity contribution in [2.45, 2.75) is 31.8 Å². The summed E-state index contributed by atoms with van der Waals surface area (Å²) in [6.45, 7) is 5.33. The van der Waals surface area contributed by atoms with Gasteiger partial charge in [-0.1, -0.05) is 6.92 Å². The van der Waals surface area contributed by atoms with Crippen LogP contribution in [-0.2, 0) is 9.84 Å². The Hall–Kier alpha value is -1.23.